The van der Waals surface area contributed by atoms with Crippen LogP contribution < -0.4 is 16.4 Å². The van der Waals surface area contributed by atoms with Crippen LogP contribution in [0.2, 0.25) is 0 Å². The minimum absolute atomic E-state index is 0.0353. The van der Waals surface area contributed by atoms with Gasteiger partial charge in [-0.1, -0.05) is 12.1 Å². The van der Waals surface area contributed by atoms with E-state index < -0.39 is 48.0 Å². The topological polar surface area (TPSA) is 127 Å². The van der Waals surface area contributed by atoms with Crippen LogP contribution in [0, 0.1) is 11.2 Å². The second-order valence-electron chi connectivity index (χ2n) is 10.4. The van der Waals surface area contributed by atoms with Crippen LogP contribution >= 0.6 is 0 Å². The van der Waals surface area contributed by atoms with Crippen LogP contribution in [-0.2, 0) is 11.2 Å². The Labute approximate surface area is 238 Å². The monoisotopic (exact) mass is 584 g/mol. The van der Waals surface area contributed by atoms with Gasteiger partial charge in [0, 0.05) is 36.7 Å². The molecule has 12 heteroatoms. The molecule has 4 rings (SSSR count). The molecule has 0 radical (unpaired) electrons. The molecule has 0 aliphatic heterocycles. The maximum absolute atomic E-state index is 13.6. The maximum atomic E-state index is 13.6. The third-order valence-corrected chi connectivity index (χ3v) is 6.76. The van der Waals surface area contributed by atoms with Crippen molar-refractivity contribution < 1.29 is 36.4 Å². The standard InChI is InChI=1S/C30H28F4N4O4/c1-29(2,28(35)41)15-37-25(39)18-6-4-5-17(13-18)20-14-21-23(26(40)36-3)24(16-7-9-19(31)10-8-16)42-27(21)38-22(20)11-12-30(32,33)34/h4-10,13-14H,11-12,15H2,1-3H3,(H2,35,41)(H,36,40)(H,37,39). The molecule has 3 amide bonds. The Morgan fingerprint density at radius 1 is 0.976 bits per heavy atom. The van der Waals surface area contributed by atoms with Crippen molar-refractivity contribution in [2.75, 3.05) is 13.6 Å². The number of nitrogens with zero attached hydrogens (tertiary/aromatic N) is 1. The fraction of sp³-hybridized carbons (Fsp3) is 0.267. The van der Waals surface area contributed by atoms with Gasteiger partial charge in [-0.25, -0.2) is 9.37 Å². The Morgan fingerprint density at radius 2 is 1.67 bits per heavy atom. The molecule has 2 aromatic heterocycles. The number of carbonyl (C=O) groups is 3. The average molecular weight is 585 g/mol. The van der Waals surface area contributed by atoms with Crippen LogP contribution in [0.1, 0.15) is 46.7 Å². The molecule has 0 saturated carbocycles. The van der Waals surface area contributed by atoms with E-state index in [9.17, 15) is 31.9 Å². The Morgan fingerprint density at radius 3 is 2.29 bits per heavy atom. The molecule has 2 aromatic carbocycles. The summed E-state index contributed by atoms with van der Waals surface area (Å²) in [6.07, 6.45) is -6.15. The molecule has 0 unspecified atom stereocenters. The zero-order valence-electron chi connectivity index (χ0n) is 23.0. The number of carbonyl (C=O) groups excluding carboxylic acids is 3. The molecular formula is C30H28F4N4O4. The Kier molecular flexibility index (Phi) is 8.37. The number of alkyl halides is 3. The number of primary amides is 1. The second-order valence-corrected chi connectivity index (χ2v) is 10.4. The highest BCUT2D eigenvalue weighted by Crippen LogP contribution is 2.37. The van der Waals surface area contributed by atoms with E-state index in [2.05, 4.69) is 15.6 Å². The number of hydrogen-bond donors (Lipinski definition) is 3. The summed E-state index contributed by atoms with van der Waals surface area (Å²) in [6, 6.07) is 12.8. The molecule has 2 heterocycles. The Balaban J connectivity index is 1.86. The zero-order valence-corrected chi connectivity index (χ0v) is 23.0. The van der Waals surface area contributed by atoms with E-state index in [1.54, 1.807) is 26.0 Å². The summed E-state index contributed by atoms with van der Waals surface area (Å²) in [4.78, 5) is 41.9. The van der Waals surface area contributed by atoms with Gasteiger partial charge in [-0.05, 0) is 68.3 Å². The number of rotatable bonds is 9. The number of aromatic nitrogens is 1. The fourth-order valence-electron chi connectivity index (χ4n) is 4.23. The largest absolute Gasteiger partial charge is 0.437 e. The minimum atomic E-state index is -4.47. The fourth-order valence-corrected chi connectivity index (χ4v) is 4.23. The van der Waals surface area contributed by atoms with E-state index in [4.69, 9.17) is 10.2 Å². The van der Waals surface area contributed by atoms with Crippen LogP contribution in [-0.4, -0.2) is 42.5 Å². The highest BCUT2D eigenvalue weighted by molar-refractivity contribution is 6.11. The number of benzene rings is 2. The number of furan rings is 1. The molecule has 0 aliphatic carbocycles. The first kappa shape index (κ1) is 30.2. The van der Waals surface area contributed by atoms with E-state index in [1.165, 1.54) is 49.5 Å². The normalized spacial score (nSPS) is 11.9. The minimum Gasteiger partial charge on any atom is -0.437 e. The number of nitrogens with two attached hydrogens (primary N) is 1. The van der Waals surface area contributed by atoms with Crippen LogP contribution in [0.15, 0.2) is 59.0 Å². The number of fused-ring (bicyclic) bond motifs is 1. The lowest BCUT2D eigenvalue weighted by molar-refractivity contribution is -0.134. The van der Waals surface area contributed by atoms with E-state index in [0.717, 1.165) is 0 Å². The van der Waals surface area contributed by atoms with Crippen molar-refractivity contribution in [2.24, 2.45) is 11.1 Å². The molecule has 0 bridgehead atoms. The van der Waals surface area contributed by atoms with Gasteiger partial charge in [0.15, 0.2) is 0 Å². The number of aryl methyl sites for hydroxylation is 1. The summed E-state index contributed by atoms with van der Waals surface area (Å²) >= 11 is 0. The zero-order chi connectivity index (χ0) is 30.8. The summed E-state index contributed by atoms with van der Waals surface area (Å²) in [5.41, 5.74) is 5.58. The van der Waals surface area contributed by atoms with Gasteiger partial charge in [-0.2, -0.15) is 13.2 Å². The van der Waals surface area contributed by atoms with Crippen molar-refractivity contribution in [3.05, 3.63) is 77.2 Å². The summed E-state index contributed by atoms with van der Waals surface area (Å²) in [6.45, 7) is 3.12. The van der Waals surface area contributed by atoms with Crippen molar-refractivity contribution >= 4 is 28.8 Å². The van der Waals surface area contributed by atoms with Crippen LogP contribution in [0.5, 0.6) is 0 Å². The lowest BCUT2D eigenvalue weighted by atomic mass is 9.92. The van der Waals surface area contributed by atoms with Gasteiger partial charge in [0.05, 0.1) is 22.1 Å². The van der Waals surface area contributed by atoms with E-state index >= 15 is 0 Å². The lowest BCUT2D eigenvalue weighted by Gasteiger charge is -2.20. The highest BCUT2D eigenvalue weighted by atomic mass is 19.4. The molecule has 0 fully saturated rings. The first-order valence-corrected chi connectivity index (χ1v) is 12.9. The van der Waals surface area contributed by atoms with Crippen LogP contribution in [0.3, 0.4) is 0 Å². The predicted molar refractivity (Wildman–Crippen MR) is 148 cm³/mol. The average Bonchev–Trinajstić information content (AvgIpc) is 3.32. The van der Waals surface area contributed by atoms with Crippen molar-refractivity contribution in [3.63, 3.8) is 0 Å². The first-order valence-electron chi connectivity index (χ1n) is 12.9. The van der Waals surface area contributed by atoms with Crippen LogP contribution in [0.4, 0.5) is 17.6 Å². The molecule has 220 valence electrons. The number of pyridine rings is 1. The van der Waals surface area contributed by atoms with Crippen molar-refractivity contribution in [1.82, 2.24) is 15.6 Å². The number of halogens is 4. The SMILES string of the molecule is CNC(=O)c1c(-c2ccc(F)cc2)oc2nc(CCC(F)(F)F)c(-c3cccc(C(=O)NCC(C)(C)C(N)=O)c3)cc12. The quantitative estimate of drug-likeness (QED) is 0.227. The third kappa shape index (κ3) is 6.59. The third-order valence-electron chi connectivity index (χ3n) is 6.76. The number of hydrogen-bond acceptors (Lipinski definition) is 5. The van der Waals surface area contributed by atoms with Crippen molar-refractivity contribution in [1.29, 1.82) is 0 Å². The highest BCUT2D eigenvalue weighted by Gasteiger charge is 2.30. The van der Waals surface area contributed by atoms with Gasteiger partial charge < -0.3 is 20.8 Å². The maximum Gasteiger partial charge on any atom is 0.389 e. The molecule has 0 aliphatic rings. The van der Waals surface area contributed by atoms with Crippen molar-refractivity contribution in [2.45, 2.75) is 32.9 Å². The molecule has 8 nitrogen and oxygen atoms in total. The first-order chi connectivity index (χ1) is 19.7. The van der Waals surface area contributed by atoms with Gasteiger partial charge in [0.1, 0.15) is 11.6 Å². The van der Waals surface area contributed by atoms with Crippen LogP contribution in [0.25, 0.3) is 33.6 Å². The predicted octanol–water partition coefficient (Wildman–Crippen LogP) is 5.40. The van der Waals surface area contributed by atoms with E-state index in [0.29, 0.717) is 11.1 Å². The molecular weight excluding hydrogens is 556 g/mol. The second kappa shape index (κ2) is 11.6. The van der Waals surface area contributed by atoms with Gasteiger partial charge in [0.25, 0.3) is 11.8 Å². The smallest absolute Gasteiger partial charge is 0.389 e. The summed E-state index contributed by atoms with van der Waals surface area (Å²) < 4.78 is 59.2. The van der Waals surface area contributed by atoms with Gasteiger partial charge in [-0.15, -0.1) is 0 Å². The van der Waals surface area contributed by atoms with E-state index in [-0.39, 0.29) is 45.8 Å². The van der Waals surface area contributed by atoms with E-state index in [1.807, 2.05) is 0 Å². The summed E-state index contributed by atoms with van der Waals surface area (Å²) in [5, 5.41) is 5.39. The lowest BCUT2D eigenvalue weighted by Crippen LogP contribution is -2.42. The molecule has 42 heavy (non-hydrogen) atoms. The molecule has 0 saturated heterocycles. The van der Waals surface area contributed by atoms with Gasteiger partial charge >= 0.3 is 6.18 Å². The molecule has 4 aromatic rings. The molecule has 0 spiro atoms. The Hall–Kier alpha value is -4.74. The molecule has 0 atom stereocenters. The molecule has 4 N–H and O–H groups in total. The van der Waals surface area contributed by atoms with Crippen molar-refractivity contribution in [3.8, 4) is 22.5 Å². The summed E-state index contributed by atoms with van der Waals surface area (Å²) in [7, 11) is 1.41. The van der Waals surface area contributed by atoms with Gasteiger partial charge in [0.2, 0.25) is 11.6 Å². The number of amides is 3. The summed E-state index contributed by atoms with van der Waals surface area (Å²) in [5.74, 6) is -2.11. The Bertz CT molecular complexity index is 1660. The number of nitrogens with one attached hydrogen (secondary N) is 2. The van der Waals surface area contributed by atoms with Gasteiger partial charge in [-0.3, -0.25) is 14.4 Å².